The Morgan fingerprint density at radius 1 is 1.20 bits per heavy atom. The number of thioether (sulfide) groups is 1. The molecule has 1 heterocycles. The summed E-state index contributed by atoms with van der Waals surface area (Å²) < 4.78 is 5.09. The first-order valence-electron chi connectivity index (χ1n) is 7.70. The summed E-state index contributed by atoms with van der Waals surface area (Å²) in [5, 5.41) is 13.0. The van der Waals surface area contributed by atoms with Crippen LogP contribution in [0.1, 0.15) is 16.7 Å². The molecule has 1 saturated heterocycles. The normalized spacial score (nSPS) is 17.2. The number of amides is 1. The molecule has 5 nitrogen and oxygen atoms in total. The Hall–Kier alpha value is -2.73. The van der Waals surface area contributed by atoms with Gasteiger partial charge in [-0.2, -0.15) is 0 Å². The summed E-state index contributed by atoms with van der Waals surface area (Å²) in [4.78, 5) is 17.2. The maximum Gasteiger partial charge on any atom is 0.264 e. The second kappa shape index (κ2) is 7.03. The molecule has 0 aliphatic carbocycles. The smallest absolute Gasteiger partial charge is 0.264 e. The van der Waals surface area contributed by atoms with E-state index in [0.717, 1.165) is 16.8 Å². The van der Waals surface area contributed by atoms with Gasteiger partial charge in [0.1, 0.15) is 0 Å². The average molecular weight is 354 g/mol. The first-order valence-corrected chi connectivity index (χ1v) is 8.52. The van der Waals surface area contributed by atoms with E-state index in [2.05, 4.69) is 16.4 Å². The van der Waals surface area contributed by atoms with Crippen LogP contribution in [0.5, 0.6) is 11.5 Å². The number of rotatable bonds is 3. The van der Waals surface area contributed by atoms with E-state index in [-0.39, 0.29) is 11.7 Å². The Kier molecular flexibility index (Phi) is 4.81. The highest BCUT2D eigenvalue weighted by Gasteiger charge is 2.24. The van der Waals surface area contributed by atoms with Gasteiger partial charge in [0.25, 0.3) is 5.91 Å². The number of methoxy groups -OCH3 is 1. The lowest BCUT2D eigenvalue weighted by Crippen LogP contribution is -2.19. The lowest BCUT2D eigenvalue weighted by Gasteiger charge is -2.04. The minimum atomic E-state index is -0.194. The van der Waals surface area contributed by atoms with Crippen molar-refractivity contribution in [1.29, 1.82) is 0 Å². The monoisotopic (exact) mass is 354 g/mol. The summed E-state index contributed by atoms with van der Waals surface area (Å²) in [7, 11) is 1.48. The first-order chi connectivity index (χ1) is 12.0. The van der Waals surface area contributed by atoms with Crippen molar-refractivity contribution in [2.24, 2.45) is 4.99 Å². The second-order valence-electron chi connectivity index (χ2n) is 5.70. The lowest BCUT2D eigenvalue weighted by atomic mass is 10.1. The van der Waals surface area contributed by atoms with Gasteiger partial charge >= 0.3 is 0 Å². The van der Waals surface area contributed by atoms with Crippen molar-refractivity contribution in [2.45, 2.75) is 13.8 Å². The van der Waals surface area contributed by atoms with Gasteiger partial charge in [0.05, 0.1) is 17.7 Å². The minimum Gasteiger partial charge on any atom is -0.504 e. The van der Waals surface area contributed by atoms with E-state index >= 15 is 0 Å². The Bertz CT molecular complexity index is 904. The van der Waals surface area contributed by atoms with Gasteiger partial charge in [0.2, 0.25) is 0 Å². The lowest BCUT2D eigenvalue weighted by molar-refractivity contribution is -0.115. The van der Waals surface area contributed by atoms with E-state index in [9.17, 15) is 9.90 Å². The number of aliphatic imine (C=N–C) groups is 1. The fourth-order valence-corrected chi connectivity index (χ4v) is 3.29. The summed E-state index contributed by atoms with van der Waals surface area (Å²) >= 11 is 1.29. The van der Waals surface area contributed by atoms with Gasteiger partial charge in [-0.05, 0) is 61.0 Å². The molecule has 2 aromatic carbocycles. The number of nitrogens with zero attached hydrogens (tertiary/aromatic N) is 1. The molecule has 1 aliphatic rings. The average Bonchev–Trinajstić information content (AvgIpc) is 2.91. The van der Waals surface area contributed by atoms with Crippen molar-refractivity contribution in [1.82, 2.24) is 5.32 Å². The SMILES string of the molecule is COc1cc(/C=C2/SC(=Nc3ccc(C)cc3C)NC2=O)ccc1O. The van der Waals surface area contributed by atoms with Crippen LogP contribution in [0.25, 0.3) is 6.08 Å². The number of benzene rings is 2. The third-order valence-electron chi connectivity index (χ3n) is 3.73. The highest BCUT2D eigenvalue weighted by atomic mass is 32.2. The number of hydrogen-bond acceptors (Lipinski definition) is 5. The Labute approximate surface area is 150 Å². The molecule has 2 N–H and O–H groups in total. The Morgan fingerprint density at radius 2 is 2.00 bits per heavy atom. The summed E-state index contributed by atoms with van der Waals surface area (Å²) in [6.07, 6.45) is 1.74. The van der Waals surface area contributed by atoms with E-state index in [0.29, 0.717) is 15.8 Å². The Morgan fingerprint density at radius 3 is 2.72 bits per heavy atom. The van der Waals surface area contributed by atoms with Crippen LogP contribution in [0.3, 0.4) is 0 Å². The maximum absolute atomic E-state index is 12.2. The maximum atomic E-state index is 12.2. The molecule has 0 saturated carbocycles. The molecular formula is C19H18N2O3S. The van der Waals surface area contributed by atoms with Gasteiger partial charge < -0.3 is 15.2 Å². The number of carbonyl (C=O) groups is 1. The van der Waals surface area contributed by atoms with Crippen LogP contribution in [0.2, 0.25) is 0 Å². The molecule has 0 aromatic heterocycles. The summed E-state index contributed by atoms with van der Waals surface area (Å²) in [5.41, 5.74) is 3.83. The molecule has 128 valence electrons. The molecule has 0 unspecified atom stereocenters. The zero-order valence-electron chi connectivity index (χ0n) is 14.2. The molecule has 1 amide bonds. The van der Waals surface area contributed by atoms with Crippen molar-refractivity contribution in [3.05, 3.63) is 58.0 Å². The number of carbonyl (C=O) groups excluding carboxylic acids is 1. The molecule has 0 atom stereocenters. The van der Waals surface area contributed by atoms with Crippen molar-refractivity contribution >= 4 is 34.6 Å². The van der Waals surface area contributed by atoms with Gasteiger partial charge in [0, 0.05) is 0 Å². The fraction of sp³-hybridized carbons (Fsp3) is 0.158. The highest BCUT2D eigenvalue weighted by molar-refractivity contribution is 8.18. The number of ether oxygens (including phenoxy) is 1. The van der Waals surface area contributed by atoms with Crippen LogP contribution in [-0.4, -0.2) is 23.3 Å². The van der Waals surface area contributed by atoms with Crippen LogP contribution in [-0.2, 0) is 4.79 Å². The molecule has 0 spiro atoms. The van der Waals surface area contributed by atoms with Gasteiger partial charge in [-0.25, -0.2) is 4.99 Å². The van der Waals surface area contributed by atoms with Gasteiger partial charge in [-0.3, -0.25) is 4.79 Å². The summed E-state index contributed by atoms with van der Waals surface area (Å²) in [6, 6.07) is 10.9. The zero-order chi connectivity index (χ0) is 18.0. The predicted octanol–water partition coefficient (Wildman–Crippen LogP) is 3.91. The fourth-order valence-electron chi connectivity index (χ4n) is 2.46. The van der Waals surface area contributed by atoms with Gasteiger partial charge in [-0.1, -0.05) is 23.8 Å². The number of phenolic OH excluding ortho intramolecular Hbond substituents is 1. The highest BCUT2D eigenvalue weighted by Crippen LogP contribution is 2.32. The molecule has 2 aromatic rings. The molecule has 1 fully saturated rings. The quantitative estimate of drug-likeness (QED) is 0.820. The largest absolute Gasteiger partial charge is 0.504 e. The second-order valence-corrected chi connectivity index (χ2v) is 6.73. The molecular weight excluding hydrogens is 336 g/mol. The van der Waals surface area contributed by atoms with E-state index in [1.807, 2.05) is 26.0 Å². The van der Waals surface area contributed by atoms with E-state index in [1.165, 1.54) is 30.5 Å². The molecule has 25 heavy (non-hydrogen) atoms. The van der Waals surface area contributed by atoms with Crippen LogP contribution < -0.4 is 10.1 Å². The molecule has 0 bridgehead atoms. The predicted molar refractivity (Wildman–Crippen MR) is 101 cm³/mol. The van der Waals surface area contributed by atoms with E-state index in [4.69, 9.17) is 4.74 Å². The van der Waals surface area contributed by atoms with Gasteiger partial charge in [-0.15, -0.1) is 0 Å². The number of phenols is 1. The first kappa shape index (κ1) is 17.1. The third kappa shape index (κ3) is 3.85. The third-order valence-corrected chi connectivity index (χ3v) is 4.64. The van der Waals surface area contributed by atoms with Crippen molar-refractivity contribution in [3.63, 3.8) is 0 Å². The van der Waals surface area contributed by atoms with Crippen molar-refractivity contribution in [3.8, 4) is 11.5 Å². The van der Waals surface area contributed by atoms with Gasteiger partial charge in [0.15, 0.2) is 16.7 Å². The standard InChI is InChI=1S/C19H18N2O3S/c1-11-4-6-14(12(2)8-11)20-19-21-18(23)17(25-19)10-13-5-7-15(22)16(9-13)24-3/h4-10,22H,1-3H3,(H,20,21,23)/b17-10+. The van der Waals surface area contributed by atoms with Crippen molar-refractivity contribution in [2.75, 3.05) is 7.11 Å². The zero-order valence-corrected chi connectivity index (χ0v) is 15.0. The number of hydrogen-bond donors (Lipinski definition) is 2. The van der Waals surface area contributed by atoms with Crippen molar-refractivity contribution < 1.29 is 14.6 Å². The summed E-state index contributed by atoms with van der Waals surface area (Å²) in [5.74, 6) is 0.229. The Balaban J connectivity index is 1.86. The number of aromatic hydroxyl groups is 1. The molecule has 3 rings (SSSR count). The summed E-state index contributed by atoms with van der Waals surface area (Å²) in [6.45, 7) is 4.02. The molecule has 0 radical (unpaired) electrons. The van der Waals surface area contributed by atoms with Crippen LogP contribution in [0.15, 0.2) is 46.3 Å². The number of nitrogens with one attached hydrogen (secondary N) is 1. The van der Waals surface area contributed by atoms with E-state index < -0.39 is 0 Å². The number of aryl methyl sites for hydroxylation is 2. The van der Waals surface area contributed by atoms with Crippen LogP contribution in [0.4, 0.5) is 5.69 Å². The minimum absolute atomic E-state index is 0.0604. The van der Waals surface area contributed by atoms with Crippen LogP contribution in [0, 0.1) is 13.8 Å². The number of amidine groups is 1. The molecule has 6 heteroatoms. The molecule has 1 aliphatic heterocycles. The topological polar surface area (TPSA) is 70.9 Å². The van der Waals surface area contributed by atoms with E-state index in [1.54, 1.807) is 18.2 Å². The van der Waals surface area contributed by atoms with Crippen LogP contribution >= 0.6 is 11.8 Å².